The van der Waals surface area contributed by atoms with Gasteiger partial charge in [0.05, 0.1) is 13.2 Å². The molecule has 3 heterocycles. The predicted octanol–water partition coefficient (Wildman–Crippen LogP) is 2.58. The van der Waals surface area contributed by atoms with E-state index in [1.54, 1.807) is 6.92 Å². The van der Waals surface area contributed by atoms with E-state index in [9.17, 15) is 4.79 Å². The molecule has 0 spiro atoms. The molecule has 1 atom stereocenters. The highest BCUT2D eigenvalue weighted by Crippen LogP contribution is 2.31. The van der Waals surface area contributed by atoms with Crippen molar-refractivity contribution >= 4 is 11.6 Å². The summed E-state index contributed by atoms with van der Waals surface area (Å²) < 4.78 is 10.7. The molecule has 7 nitrogen and oxygen atoms in total. The average Bonchev–Trinajstić information content (AvgIpc) is 3.14. The van der Waals surface area contributed by atoms with Crippen LogP contribution in [0.1, 0.15) is 47.4 Å². The van der Waals surface area contributed by atoms with Gasteiger partial charge in [0.2, 0.25) is 5.89 Å². The number of aromatic nitrogens is 2. The van der Waals surface area contributed by atoms with Gasteiger partial charge in [0.1, 0.15) is 6.04 Å². The molecule has 0 bridgehead atoms. The summed E-state index contributed by atoms with van der Waals surface area (Å²) in [5, 5.41) is 3.88. The van der Waals surface area contributed by atoms with Crippen molar-refractivity contribution in [3.63, 3.8) is 0 Å². The maximum atomic E-state index is 13.1. The molecule has 2 aromatic rings. The van der Waals surface area contributed by atoms with E-state index < -0.39 is 0 Å². The summed E-state index contributed by atoms with van der Waals surface area (Å²) in [4.78, 5) is 21.6. The van der Waals surface area contributed by atoms with Crippen LogP contribution in [0.3, 0.4) is 0 Å². The third-order valence-electron chi connectivity index (χ3n) is 5.08. The second-order valence-corrected chi connectivity index (χ2v) is 6.84. The Balaban J connectivity index is 1.51. The zero-order valence-corrected chi connectivity index (χ0v) is 15.1. The number of anilines is 1. The SMILES string of the molecule is Cc1noc([C@@H]2CCCCN2C(=O)c2ccc(N3CCOCC3)cc2)n1. The summed E-state index contributed by atoms with van der Waals surface area (Å²) in [5.41, 5.74) is 1.83. The Hall–Kier alpha value is -2.41. The van der Waals surface area contributed by atoms with Crippen LogP contribution >= 0.6 is 0 Å². The van der Waals surface area contributed by atoms with Crippen molar-refractivity contribution in [2.75, 3.05) is 37.7 Å². The quantitative estimate of drug-likeness (QED) is 0.842. The Morgan fingerprint density at radius 3 is 2.58 bits per heavy atom. The van der Waals surface area contributed by atoms with Gasteiger partial charge < -0.3 is 19.1 Å². The molecule has 2 fully saturated rings. The van der Waals surface area contributed by atoms with Crippen LogP contribution in [0.4, 0.5) is 5.69 Å². The molecule has 0 radical (unpaired) electrons. The number of likely N-dealkylation sites (tertiary alicyclic amines) is 1. The van der Waals surface area contributed by atoms with Crippen LogP contribution in [-0.2, 0) is 4.74 Å². The van der Waals surface area contributed by atoms with Gasteiger partial charge in [-0.15, -0.1) is 0 Å². The fourth-order valence-corrected chi connectivity index (χ4v) is 3.68. The van der Waals surface area contributed by atoms with E-state index in [0.717, 1.165) is 57.8 Å². The van der Waals surface area contributed by atoms with Gasteiger partial charge in [0.25, 0.3) is 5.91 Å². The largest absolute Gasteiger partial charge is 0.378 e. The van der Waals surface area contributed by atoms with Crippen LogP contribution in [0.25, 0.3) is 0 Å². The van der Waals surface area contributed by atoms with Crippen molar-refractivity contribution in [2.45, 2.75) is 32.2 Å². The van der Waals surface area contributed by atoms with Crippen molar-refractivity contribution in [3.8, 4) is 0 Å². The lowest BCUT2D eigenvalue weighted by Crippen LogP contribution is -2.39. The van der Waals surface area contributed by atoms with Gasteiger partial charge in [0, 0.05) is 30.9 Å². The lowest BCUT2D eigenvalue weighted by atomic mass is 10.0. The number of aryl methyl sites for hydroxylation is 1. The lowest BCUT2D eigenvalue weighted by molar-refractivity contribution is 0.0561. The standard InChI is InChI=1S/C19H24N4O3/c1-14-20-18(26-21-14)17-4-2-3-9-23(17)19(24)15-5-7-16(8-6-15)22-10-12-25-13-11-22/h5-8,17H,2-4,9-13H2,1H3/t17-/m0/s1. The number of carbonyl (C=O) groups is 1. The van der Waals surface area contributed by atoms with E-state index in [1.807, 2.05) is 29.2 Å². The second-order valence-electron chi connectivity index (χ2n) is 6.84. The molecule has 0 N–H and O–H groups in total. The van der Waals surface area contributed by atoms with E-state index >= 15 is 0 Å². The zero-order valence-electron chi connectivity index (χ0n) is 15.1. The molecule has 0 aliphatic carbocycles. The number of morpholine rings is 1. The number of amides is 1. The van der Waals surface area contributed by atoms with Gasteiger partial charge in [0.15, 0.2) is 5.82 Å². The molecule has 26 heavy (non-hydrogen) atoms. The second kappa shape index (κ2) is 7.45. The van der Waals surface area contributed by atoms with E-state index in [4.69, 9.17) is 9.26 Å². The molecule has 2 saturated heterocycles. The number of carbonyl (C=O) groups excluding carboxylic acids is 1. The Kier molecular flexibility index (Phi) is 4.88. The van der Waals surface area contributed by atoms with Gasteiger partial charge >= 0.3 is 0 Å². The number of benzene rings is 1. The Morgan fingerprint density at radius 1 is 1.12 bits per heavy atom. The Morgan fingerprint density at radius 2 is 1.88 bits per heavy atom. The lowest BCUT2D eigenvalue weighted by Gasteiger charge is -2.33. The number of hydrogen-bond donors (Lipinski definition) is 0. The molecule has 0 unspecified atom stereocenters. The molecule has 2 aliphatic rings. The smallest absolute Gasteiger partial charge is 0.254 e. The van der Waals surface area contributed by atoms with E-state index in [0.29, 0.717) is 17.3 Å². The highest BCUT2D eigenvalue weighted by atomic mass is 16.5. The Bertz CT molecular complexity index is 752. The fraction of sp³-hybridized carbons (Fsp3) is 0.526. The first-order valence-electron chi connectivity index (χ1n) is 9.26. The maximum Gasteiger partial charge on any atom is 0.254 e. The summed E-state index contributed by atoms with van der Waals surface area (Å²) in [6.45, 7) is 5.79. The van der Waals surface area contributed by atoms with Crippen LogP contribution < -0.4 is 4.90 Å². The third-order valence-corrected chi connectivity index (χ3v) is 5.08. The number of nitrogens with zero attached hydrogens (tertiary/aromatic N) is 4. The molecular weight excluding hydrogens is 332 g/mol. The summed E-state index contributed by atoms with van der Waals surface area (Å²) in [5.74, 6) is 1.17. The molecular formula is C19H24N4O3. The van der Waals surface area contributed by atoms with Crippen molar-refractivity contribution < 1.29 is 14.1 Å². The van der Waals surface area contributed by atoms with Crippen LogP contribution in [-0.4, -0.2) is 53.8 Å². The summed E-state index contributed by atoms with van der Waals surface area (Å²) in [6.07, 6.45) is 2.92. The minimum Gasteiger partial charge on any atom is -0.378 e. The fourth-order valence-electron chi connectivity index (χ4n) is 3.68. The summed E-state index contributed by atoms with van der Waals surface area (Å²) in [7, 11) is 0. The van der Waals surface area contributed by atoms with Crippen LogP contribution in [0.5, 0.6) is 0 Å². The monoisotopic (exact) mass is 356 g/mol. The van der Waals surface area contributed by atoms with E-state index in [-0.39, 0.29) is 11.9 Å². The maximum absolute atomic E-state index is 13.1. The molecule has 1 amide bonds. The zero-order chi connectivity index (χ0) is 17.9. The highest BCUT2D eigenvalue weighted by Gasteiger charge is 2.32. The average molecular weight is 356 g/mol. The van der Waals surface area contributed by atoms with Gasteiger partial charge in [-0.25, -0.2) is 0 Å². The van der Waals surface area contributed by atoms with Crippen LogP contribution in [0.2, 0.25) is 0 Å². The third kappa shape index (κ3) is 3.44. The van der Waals surface area contributed by atoms with E-state index in [2.05, 4.69) is 15.0 Å². The van der Waals surface area contributed by atoms with Gasteiger partial charge in [-0.05, 0) is 50.5 Å². The number of rotatable bonds is 3. The number of ether oxygens (including phenoxy) is 1. The van der Waals surface area contributed by atoms with Crippen LogP contribution in [0.15, 0.2) is 28.8 Å². The molecule has 7 heteroatoms. The predicted molar refractivity (Wildman–Crippen MR) is 96.1 cm³/mol. The first-order valence-corrected chi connectivity index (χ1v) is 9.26. The van der Waals surface area contributed by atoms with Crippen molar-refractivity contribution in [1.29, 1.82) is 0 Å². The highest BCUT2D eigenvalue weighted by molar-refractivity contribution is 5.94. The van der Waals surface area contributed by atoms with Crippen molar-refractivity contribution in [1.82, 2.24) is 15.0 Å². The molecule has 2 aliphatic heterocycles. The number of hydrogen-bond acceptors (Lipinski definition) is 6. The van der Waals surface area contributed by atoms with Gasteiger partial charge in [-0.2, -0.15) is 4.98 Å². The molecule has 0 saturated carbocycles. The van der Waals surface area contributed by atoms with Gasteiger partial charge in [-0.3, -0.25) is 4.79 Å². The molecule has 1 aromatic carbocycles. The summed E-state index contributed by atoms with van der Waals surface area (Å²) >= 11 is 0. The topological polar surface area (TPSA) is 71.7 Å². The van der Waals surface area contributed by atoms with Crippen LogP contribution in [0, 0.1) is 6.92 Å². The normalized spacial score (nSPS) is 21.0. The van der Waals surface area contributed by atoms with E-state index in [1.165, 1.54) is 0 Å². The Labute approximate surface area is 152 Å². The van der Waals surface area contributed by atoms with Gasteiger partial charge in [-0.1, -0.05) is 5.16 Å². The summed E-state index contributed by atoms with van der Waals surface area (Å²) in [6, 6.07) is 7.75. The first-order chi connectivity index (χ1) is 12.7. The molecule has 138 valence electrons. The minimum absolute atomic E-state index is 0.0269. The first kappa shape index (κ1) is 17.0. The molecule has 4 rings (SSSR count). The van der Waals surface area contributed by atoms with Crippen molar-refractivity contribution in [2.24, 2.45) is 0 Å². The molecule has 1 aromatic heterocycles. The minimum atomic E-state index is -0.128. The van der Waals surface area contributed by atoms with Crippen molar-refractivity contribution in [3.05, 3.63) is 41.5 Å². The number of piperidine rings is 1.